The molecule has 3 fully saturated rings. The first-order chi connectivity index (χ1) is 14.2. The quantitative estimate of drug-likeness (QED) is 0.740. The Labute approximate surface area is 173 Å². The van der Waals surface area contributed by atoms with E-state index in [1.165, 1.54) is 31.2 Å². The van der Waals surface area contributed by atoms with Gasteiger partial charge in [-0.25, -0.2) is 4.98 Å². The fourth-order valence-corrected chi connectivity index (χ4v) is 5.87. The number of nitrogens with zero attached hydrogens (tertiary/aromatic N) is 3. The lowest BCUT2D eigenvalue weighted by Crippen LogP contribution is -2.37. The normalized spacial score (nSPS) is 27.0. The van der Waals surface area contributed by atoms with Gasteiger partial charge in [0.25, 0.3) is 6.01 Å². The highest BCUT2D eigenvalue weighted by atomic mass is 16.4. The van der Waals surface area contributed by atoms with Crippen LogP contribution in [0.3, 0.4) is 0 Å². The van der Waals surface area contributed by atoms with E-state index in [1.54, 1.807) is 12.5 Å². The Morgan fingerprint density at radius 2 is 1.97 bits per heavy atom. The third kappa shape index (κ3) is 3.79. The third-order valence-electron chi connectivity index (χ3n) is 7.49. The standard InChI is InChI=1S/C24H31N3O2/c28-22(14-20-8-4-5-9-20)26-15-21-16-27(23-25-12-13-29-23)18-24(21,17-26)11-10-19-6-2-1-3-7-19/h1-3,6-7,12-13,20-21H,4-5,8-11,14-18H2/t21-,24+/m1/s1. The van der Waals surface area contributed by atoms with E-state index < -0.39 is 0 Å². The molecule has 5 nitrogen and oxygen atoms in total. The van der Waals surface area contributed by atoms with Crippen molar-refractivity contribution in [2.24, 2.45) is 17.3 Å². The molecule has 0 spiro atoms. The van der Waals surface area contributed by atoms with Crippen molar-refractivity contribution in [3.63, 3.8) is 0 Å². The topological polar surface area (TPSA) is 49.6 Å². The van der Waals surface area contributed by atoms with Crippen LogP contribution in [-0.4, -0.2) is 42.0 Å². The lowest BCUT2D eigenvalue weighted by molar-refractivity contribution is -0.131. The van der Waals surface area contributed by atoms with Gasteiger partial charge in [-0.2, -0.15) is 0 Å². The van der Waals surface area contributed by atoms with E-state index in [-0.39, 0.29) is 5.41 Å². The molecule has 0 radical (unpaired) electrons. The number of aryl methyl sites for hydroxylation is 1. The molecule has 1 aromatic carbocycles. The summed E-state index contributed by atoms with van der Waals surface area (Å²) in [5.41, 5.74) is 1.52. The van der Waals surface area contributed by atoms with E-state index in [2.05, 4.69) is 45.1 Å². The van der Waals surface area contributed by atoms with Crippen LogP contribution in [0.25, 0.3) is 0 Å². The van der Waals surface area contributed by atoms with Crippen LogP contribution >= 0.6 is 0 Å². The molecule has 2 aliphatic heterocycles. The van der Waals surface area contributed by atoms with Crippen molar-refractivity contribution in [1.82, 2.24) is 9.88 Å². The zero-order valence-corrected chi connectivity index (χ0v) is 17.1. The van der Waals surface area contributed by atoms with Gasteiger partial charge in [-0.05, 0) is 37.2 Å². The van der Waals surface area contributed by atoms with Crippen molar-refractivity contribution in [2.75, 3.05) is 31.1 Å². The Hall–Kier alpha value is -2.30. The molecule has 1 aromatic heterocycles. The molecular weight excluding hydrogens is 362 g/mol. The second-order valence-corrected chi connectivity index (χ2v) is 9.37. The molecule has 154 valence electrons. The van der Waals surface area contributed by atoms with Crippen molar-refractivity contribution in [2.45, 2.75) is 44.9 Å². The fourth-order valence-electron chi connectivity index (χ4n) is 5.87. The monoisotopic (exact) mass is 393 g/mol. The molecule has 5 heteroatoms. The van der Waals surface area contributed by atoms with Gasteiger partial charge in [-0.15, -0.1) is 0 Å². The minimum atomic E-state index is 0.135. The van der Waals surface area contributed by atoms with Gasteiger partial charge in [0.2, 0.25) is 5.91 Å². The summed E-state index contributed by atoms with van der Waals surface area (Å²) in [5.74, 6) is 1.49. The van der Waals surface area contributed by atoms with Crippen LogP contribution in [0.4, 0.5) is 6.01 Å². The number of carbonyl (C=O) groups excluding carboxylic acids is 1. The first kappa shape index (κ1) is 18.7. The highest BCUT2D eigenvalue weighted by Gasteiger charge is 2.53. The lowest BCUT2D eigenvalue weighted by Gasteiger charge is -2.29. The molecule has 0 unspecified atom stereocenters. The average Bonchev–Trinajstić information content (AvgIpc) is 3.50. The summed E-state index contributed by atoms with van der Waals surface area (Å²) in [5, 5.41) is 0. The number of aromatic nitrogens is 1. The molecule has 1 saturated carbocycles. The second kappa shape index (κ2) is 7.85. The largest absolute Gasteiger partial charge is 0.432 e. The summed E-state index contributed by atoms with van der Waals surface area (Å²) < 4.78 is 5.59. The number of oxazole rings is 1. The highest BCUT2D eigenvalue weighted by Crippen LogP contribution is 2.47. The van der Waals surface area contributed by atoms with Gasteiger partial charge < -0.3 is 14.2 Å². The summed E-state index contributed by atoms with van der Waals surface area (Å²) in [6.07, 6.45) is 11.4. The Morgan fingerprint density at radius 1 is 1.14 bits per heavy atom. The molecule has 5 rings (SSSR count). The van der Waals surface area contributed by atoms with Gasteiger partial charge in [0, 0.05) is 43.9 Å². The van der Waals surface area contributed by atoms with E-state index in [4.69, 9.17) is 4.42 Å². The van der Waals surface area contributed by atoms with Crippen molar-refractivity contribution in [3.8, 4) is 0 Å². The van der Waals surface area contributed by atoms with E-state index >= 15 is 0 Å². The first-order valence-corrected chi connectivity index (χ1v) is 11.2. The number of benzene rings is 1. The number of amides is 1. The minimum absolute atomic E-state index is 0.135. The van der Waals surface area contributed by atoms with E-state index in [0.717, 1.165) is 51.5 Å². The van der Waals surface area contributed by atoms with Crippen LogP contribution in [-0.2, 0) is 11.2 Å². The summed E-state index contributed by atoms with van der Waals surface area (Å²) in [6, 6.07) is 11.5. The van der Waals surface area contributed by atoms with E-state index in [0.29, 0.717) is 17.7 Å². The Kier molecular flexibility index (Phi) is 5.06. The zero-order valence-electron chi connectivity index (χ0n) is 17.1. The van der Waals surface area contributed by atoms with Crippen molar-refractivity contribution in [1.29, 1.82) is 0 Å². The Morgan fingerprint density at radius 3 is 2.72 bits per heavy atom. The van der Waals surface area contributed by atoms with Crippen LogP contribution in [0.15, 0.2) is 47.2 Å². The maximum absolute atomic E-state index is 13.0. The number of hydrogen-bond donors (Lipinski definition) is 0. The molecule has 3 aliphatic rings. The summed E-state index contributed by atoms with van der Waals surface area (Å²) in [7, 11) is 0. The average molecular weight is 394 g/mol. The molecule has 3 heterocycles. The van der Waals surface area contributed by atoms with E-state index in [1.807, 2.05) is 0 Å². The molecule has 2 saturated heterocycles. The predicted octanol–water partition coefficient (Wildman–Crippen LogP) is 4.15. The second-order valence-electron chi connectivity index (χ2n) is 9.37. The van der Waals surface area contributed by atoms with Crippen LogP contribution in [0.2, 0.25) is 0 Å². The maximum Gasteiger partial charge on any atom is 0.297 e. The first-order valence-electron chi connectivity index (χ1n) is 11.2. The van der Waals surface area contributed by atoms with Crippen LogP contribution < -0.4 is 4.90 Å². The maximum atomic E-state index is 13.0. The van der Waals surface area contributed by atoms with Gasteiger partial charge in [-0.1, -0.05) is 43.2 Å². The predicted molar refractivity (Wildman–Crippen MR) is 113 cm³/mol. The van der Waals surface area contributed by atoms with E-state index in [9.17, 15) is 4.79 Å². The van der Waals surface area contributed by atoms with Crippen molar-refractivity contribution < 1.29 is 9.21 Å². The minimum Gasteiger partial charge on any atom is -0.432 e. The number of fused-ring (bicyclic) bond motifs is 1. The lowest BCUT2D eigenvalue weighted by atomic mass is 9.76. The van der Waals surface area contributed by atoms with Crippen LogP contribution in [0, 0.1) is 17.3 Å². The molecular formula is C24H31N3O2. The SMILES string of the molecule is O=C(CC1CCCC1)N1C[C@@H]2CN(c3ncco3)C[C@]2(CCc2ccccc2)C1. The molecule has 2 aromatic rings. The molecule has 2 atom stereocenters. The van der Waals surface area contributed by atoms with Crippen LogP contribution in [0.1, 0.15) is 44.1 Å². The Balaban J connectivity index is 1.30. The van der Waals surface area contributed by atoms with Crippen molar-refractivity contribution >= 4 is 11.9 Å². The summed E-state index contributed by atoms with van der Waals surface area (Å²) >= 11 is 0. The zero-order chi connectivity index (χ0) is 19.7. The molecule has 0 N–H and O–H groups in total. The number of carbonyl (C=O) groups is 1. The summed E-state index contributed by atoms with van der Waals surface area (Å²) in [4.78, 5) is 21.9. The third-order valence-corrected chi connectivity index (χ3v) is 7.49. The van der Waals surface area contributed by atoms with Gasteiger partial charge >= 0.3 is 0 Å². The molecule has 1 aliphatic carbocycles. The van der Waals surface area contributed by atoms with Crippen molar-refractivity contribution in [3.05, 3.63) is 48.4 Å². The molecule has 1 amide bonds. The number of rotatable bonds is 6. The molecule has 0 bridgehead atoms. The van der Waals surface area contributed by atoms with Gasteiger partial charge in [0.15, 0.2) is 0 Å². The fraction of sp³-hybridized carbons (Fsp3) is 0.583. The highest BCUT2D eigenvalue weighted by molar-refractivity contribution is 5.77. The van der Waals surface area contributed by atoms with Gasteiger partial charge in [0.1, 0.15) is 6.26 Å². The summed E-state index contributed by atoms with van der Waals surface area (Å²) in [6.45, 7) is 3.63. The van der Waals surface area contributed by atoms with Gasteiger partial charge in [0.05, 0.1) is 6.20 Å². The number of likely N-dealkylation sites (tertiary alicyclic amines) is 1. The van der Waals surface area contributed by atoms with Crippen LogP contribution in [0.5, 0.6) is 0 Å². The molecule has 29 heavy (non-hydrogen) atoms. The Bertz CT molecular complexity index is 816. The number of anilines is 1. The smallest absolute Gasteiger partial charge is 0.297 e. The number of hydrogen-bond acceptors (Lipinski definition) is 4. The van der Waals surface area contributed by atoms with Gasteiger partial charge in [-0.3, -0.25) is 4.79 Å².